The Labute approximate surface area is 191 Å². The highest BCUT2D eigenvalue weighted by molar-refractivity contribution is 5.37. The summed E-state index contributed by atoms with van der Waals surface area (Å²) in [6.07, 6.45) is 14.3. The van der Waals surface area contributed by atoms with Gasteiger partial charge in [0.25, 0.3) is 0 Å². The fourth-order valence-corrected chi connectivity index (χ4v) is 6.02. The molecule has 0 radical (unpaired) electrons. The van der Waals surface area contributed by atoms with E-state index in [2.05, 4.69) is 6.92 Å². The normalized spacial score (nSPS) is 23.2. The maximum atomic E-state index is 15.1. The largest absolute Gasteiger partial charge is 0.207 e. The Morgan fingerprint density at radius 3 is 2.19 bits per heavy atom. The molecule has 0 heterocycles. The Morgan fingerprint density at radius 1 is 0.750 bits per heavy atom. The number of aryl methyl sites for hydroxylation is 1. The van der Waals surface area contributed by atoms with Crippen LogP contribution in [0.3, 0.4) is 0 Å². The first-order valence-electron chi connectivity index (χ1n) is 12.8. The highest BCUT2D eigenvalue weighted by Gasteiger charge is 2.28. The van der Waals surface area contributed by atoms with Crippen LogP contribution in [0.4, 0.5) is 13.2 Å². The van der Waals surface area contributed by atoms with Crippen molar-refractivity contribution in [1.29, 1.82) is 0 Å². The lowest BCUT2D eigenvalue weighted by molar-refractivity contribution is 0.301. The molecule has 0 spiro atoms. The summed E-state index contributed by atoms with van der Waals surface area (Å²) in [6, 6.07) is 7.98. The second kappa shape index (κ2) is 10.9. The molecule has 0 aromatic heterocycles. The van der Waals surface area contributed by atoms with Gasteiger partial charge in [-0.1, -0.05) is 51.5 Å². The maximum Gasteiger partial charge on any atom is 0.129 e. The molecule has 1 atom stereocenters. The predicted molar refractivity (Wildman–Crippen MR) is 126 cm³/mol. The van der Waals surface area contributed by atoms with E-state index in [1.54, 1.807) is 24.3 Å². The van der Waals surface area contributed by atoms with E-state index in [1.165, 1.54) is 57.4 Å². The van der Waals surface area contributed by atoms with E-state index in [0.717, 1.165) is 35.4 Å². The van der Waals surface area contributed by atoms with Crippen molar-refractivity contribution in [1.82, 2.24) is 0 Å². The summed E-state index contributed by atoms with van der Waals surface area (Å²) in [4.78, 5) is 0. The highest BCUT2D eigenvalue weighted by atomic mass is 19.1. The molecule has 1 fully saturated rings. The van der Waals surface area contributed by atoms with Gasteiger partial charge in [0.05, 0.1) is 0 Å². The minimum atomic E-state index is -0.395. The van der Waals surface area contributed by atoms with Crippen LogP contribution >= 0.6 is 0 Å². The fourth-order valence-electron chi connectivity index (χ4n) is 6.02. The van der Waals surface area contributed by atoms with Gasteiger partial charge in [0.2, 0.25) is 0 Å². The van der Waals surface area contributed by atoms with Gasteiger partial charge in [-0.15, -0.1) is 0 Å². The lowest BCUT2D eigenvalue weighted by Gasteiger charge is -2.30. The Bertz CT molecular complexity index is 872. The van der Waals surface area contributed by atoms with Gasteiger partial charge in [-0.25, -0.2) is 13.2 Å². The molecule has 0 saturated heterocycles. The molecule has 2 aromatic carbocycles. The molecule has 3 heteroatoms. The zero-order valence-corrected chi connectivity index (χ0v) is 19.4. The zero-order valence-electron chi connectivity index (χ0n) is 19.4. The second-order valence-corrected chi connectivity index (χ2v) is 10.2. The van der Waals surface area contributed by atoms with Crippen LogP contribution < -0.4 is 0 Å². The number of rotatable bonds is 8. The minimum Gasteiger partial charge on any atom is -0.207 e. The molecule has 1 unspecified atom stereocenters. The van der Waals surface area contributed by atoms with Crippen molar-refractivity contribution in [3.05, 3.63) is 70.0 Å². The third kappa shape index (κ3) is 5.58. The van der Waals surface area contributed by atoms with Crippen LogP contribution in [-0.2, 0) is 12.8 Å². The molecule has 1 saturated carbocycles. The summed E-state index contributed by atoms with van der Waals surface area (Å²) in [5, 5.41) is 0. The Morgan fingerprint density at radius 2 is 1.47 bits per heavy atom. The quantitative estimate of drug-likeness (QED) is 0.358. The van der Waals surface area contributed by atoms with Gasteiger partial charge < -0.3 is 0 Å². The average molecular weight is 443 g/mol. The predicted octanol–water partition coefficient (Wildman–Crippen LogP) is 9.01. The topological polar surface area (TPSA) is 0 Å². The average Bonchev–Trinajstić information content (AvgIpc) is 2.79. The molecule has 32 heavy (non-hydrogen) atoms. The van der Waals surface area contributed by atoms with E-state index in [-0.39, 0.29) is 23.2 Å². The van der Waals surface area contributed by atoms with E-state index in [9.17, 15) is 4.39 Å². The summed E-state index contributed by atoms with van der Waals surface area (Å²) in [5.74, 6) is -0.142. The zero-order chi connectivity index (χ0) is 22.5. The van der Waals surface area contributed by atoms with Crippen molar-refractivity contribution in [2.45, 2.75) is 102 Å². The van der Waals surface area contributed by atoms with E-state index in [1.807, 2.05) is 0 Å². The van der Waals surface area contributed by atoms with Crippen LogP contribution in [0.5, 0.6) is 0 Å². The molecule has 174 valence electrons. The molecule has 2 aliphatic carbocycles. The molecule has 4 rings (SSSR count). The number of halogens is 3. The standard InChI is InChI=1S/C29H37F3/c1-2-3-4-5-6-7-20-8-10-21(11-9-20)25-18-27(31)29(28(32)19-25)24-13-12-23-17-26(30)15-14-22(23)16-24/h14-15,17-21,24H,2-13,16H2,1H3. The SMILES string of the molecule is CCCCCCCC1CCC(c2cc(F)c(C3CCc4cc(F)ccc4C3)c(F)c2)CC1. The first-order valence-corrected chi connectivity index (χ1v) is 12.8. The van der Waals surface area contributed by atoms with E-state index in [4.69, 9.17) is 0 Å². The third-order valence-corrected chi connectivity index (χ3v) is 7.94. The van der Waals surface area contributed by atoms with Crippen LogP contribution in [0.15, 0.2) is 30.3 Å². The van der Waals surface area contributed by atoms with Crippen LogP contribution in [0.2, 0.25) is 0 Å². The van der Waals surface area contributed by atoms with Crippen LogP contribution in [-0.4, -0.2) is 0 Å². The van der Waals surface area contributed by atoms with Gasteiger partial charge in [-0.2, -0.15) is 0 Å². The van der Waals surface area contributed by atoms with Crippen LogP contribution in [0.1, 0.15) is 112 Å². The molecule has 0 nitrogen and oxygen atoms in total. The summed E-state index contributed by atoms with van der Waals surface area (Å²) < 4.78 is 43.7. The first kappa shape index (κ1) is 23.4. The number of benzene rings is 2. The lowest BCUT2D eigenvalue weighted by Crippen LogP contribution is -2.17. The van der Waals surface area contributed by atoms with E-state index >= 15 is 8.78 Å². The van der Waals surface area contributed by atoms with Gasteiger partial charge in [-0.3, -0.25) is 0 Å². The Hall–Kier alpha value is -1.77. The van der Waals surface area contributed by atoms with E-state index in [0.29, 0.717) is 19.3 Å². The van der Waals surface area contributed by atoms with E-state index < -0.39 is 11.6 Å². The van der Waals surface area contributed by atoms with Crippen molar-refractivity contribution in [2.75, 3.05) is 0 Å². The van der Waals surface area contributed by atoms with Crippen LogP contribution in [0.25, 0.3) is 0 Å². The maximum absolute atomic E-state index is 15.1. The van der Waals surface area contributed by atoms with Gasteiger partial charge in [-0.05, 0) is 104 Å². The molecule has 0 bridgehead atoms. The van der Waals surface area contributed by atoms with Gasteiger partial charge in [0.15, 0.2) is 0 Å². The smallest absolute Gasteiger partial charge is 0.129 e. The number of hydrogen-bond acceptors (Lipinski definition) is 0. The Balaban J connectivity index is 1.36. The monoisotopic (exact) mass is 442 g/mol. The highest BCUT2D eigenvalue weighted by Crippen LogP contribution is 2.41. The summed E-state index contributed by atoms with van der Waals surface area (Å²) in [5.41, 5.74) is 3.05. The molecule has 0 aliphatic heterocycles. The van der Waals surface area contributed by atoms with Gasteiger partial charge in [0, 0.05) is 5.56 Å². The first-order chi connectivity index (χ1) is 15.5. The third-order valence-electron chi connectivity index (χ3n) is 7.94. The molecular formula is C29H37F3. The minimum absolute atomic E-state index is 0.176. The fraction of sp³-hybridized carbons (Fsp3) is 0.586. The molecule has 2 aliphatic rings. The summed E-state index contributed by atoms with van der Waals surface area (Å²) >= 11 is 0. The van der Waals surface area contributed by atoms with Crippen molar-refractivity contribution in [3.63, 3.8) is 0 Å². The van der Waals surface area contributed by atoms with Gasteiger partial charge in [0.1, 0.15) is 17.5 Å². The molecule has 0 amide bonds. The lowest BCUT2D eigenvalue weighted by atomic mass is 9.75. The Kier molecular flexibility index (Phi) is 7.97. The van der Waals surface area contributed by atoms with Crippen molar-refractivity contribution < 1.29 is 13.2 Å². The molecule has 2 aromatic rings. The van der Waals surface area contributed by atoms with Crippen molar-refractivity contribution in [3.8, 4) is 0 Å². The van der Waals surface area contributed by atoms with Crippen molar-refractivity contribution in [2.24, 2.45) is 5.92 Å². The summed E-state index contributed by atoms with van der Waals surface area (Å²) in [7, 11) is 0. The van der Waals surface area contributed by atoms with Crippen LogP contribution in [0, 0.1) is 23.4 Å². The number of unbranched alkanes of at least 4 members (excludes halogenated alkanes) is 4. The van der Waals surface area contributed by atoms with Gasteiger partial charge >= 0.3 is 0 Å². The second-order valence-electron chi connectivity index (χ2n) is 10.2. The van der Waals surface area contributed by atoms with Crippen molar-refractivity contribution >= 4 is 0 Å². The molecule has 0 N–H and O–H groups in total. The number of hydrogen-bond donors (Lipinski definition) is 0. The summed E-state index contributed by atoms with van der Waals surface area (Å²) in [6.45, 7) is 2.25. The number of fused-ring (bicyclic) bond motifs is 1. The molecular weight excluding hydrogens is 405 g/mol.